The zero-order valence-corrected chi connectivity index (χ0v) is 7.82. The van der Waals surface area contributed by atoms with Crippen LogP contribution < -0.4 is 0 Å². The molecule has 0 aromatic heterocycles. The second kappa shape index (κ2) is 2.71. The Morgan fingerprint density at radius 1 is 1.00 bits per heavy atom. The Kier molecular flexibility index (Phi) is 1.62. The van der Waals surface area contributed by atoms with Crippen LogP contribution in [0.15, 0.2) is 5.16 Å². The Hall–Kier alpha value is -0.570. The molecule has 2 bridgehead atoms. The Morgan fingerprint density at radius 3 is 2.00 bits per heavy atom. The second-order valence-corrected chi connectivity index (χ2v) is 4.64. The first-order valence-corrected chi connectivity index (χ1v) is 5.35. The van der Waals surface area contributed by atoms with Gasteiger partial charge in [0.1, 0.15) is 0 Å². The number of hydrogen-bond acceptors (Lipinski definition) is 3. The van der Waals surface area contributed by atoms with Crippen LogP contribution in [0.3, 0.4) is 0 Å². The van der Waals surface area contributed by atoms with Crippen molar-refractivity contribution in [3.63, 3.8) is 0 Å². The zero-order chi connectivity index (χ0) is 8.84. The molecule has 3 heteroatoms. The highest BCUT2D eigenvalue weighted by Crippen LogP contribution is 2.42. The minimum atomic E-state index is 0.706. The summed E-state index contributed by atoms with van der Waals surface area (Å²) >= 11 is 0. The van der Waals surface area contributed by atoms with Gasteiger partial charge in [0, 0.05) is 31.0 Å². The molecule has 3 aliphatic rings. The summed E-state index contributed by atoms with van der Waals surface area (Å²) in [4.78, 5) is 2.70. The molecule has 1 aliphatic carbocycles. The lowest BCUT2D eigenvalue weighted by atomic mass is 10.0. The third kappa shape index (κ3) is 1.17. The predicted octanol–water partition coefficient (Wildman–Crippen LogP) is 1.61. The standard InChI is InChI=1S/C10H16N2O/c13-11-7-5-9-3-4-10(6-7)12(9)8-1-2-8/h8-10,13H,1-6H2. The lowest BCUT2D eigenvalue weighted by molar-refractivity contribution is 0.170. The SMILES string of the molecule is ON=C1CC2CCC(C1)N2C1CC1. The van der Waals surface area contributed by atoms with Crippen LogP contribution in [0.4, 0.5) is 0 Å². The van der Waals surface area contributed by atoms with Crippen molar-refractivity contribution < 1.29 is 5.21 Å². The fourth-order valence-electron chi connectivity index (χ4n) is 3.07. The lowest BCUT2D eigenvalue weighted by Crippen LogP contribution is -2.44. The van der Waals surface area contributed by atoms with Crippen LogP contribution in [0.2, 0.25) is 0 Å². The van der Waals surface area contributed by atoms with Gasteiger partial charge in [0.05, 0.1) is 5.71 Å². The van der Waals surface area contributed by atoms with Crippen LogP contribution in [0.5, 0.6) is 0 Å². The van der Waals surface area contributed by atoms with Gasteiger partial charge in [-0.3, -0.25) is 4.90 Å². The summed E-state index contributed by atoms with van der Waals surface area (Å²) in [5.41, 5.74) is 1.03. The zero-order valence-electron chi connectivity index (χ0n) is 7.82. The van der Waals surface area contributed by atoms with Crippen LogP contribution in [0, 0.1) is 0 Å². The van der Waals surface area contributed by atoms with Crippen molar-refractivity contribution in [2.45, 2.75) is 56.7 Å². The Balaban J connectivity index is 1.80. The molecule has 0 spiro atoms. The molecule has 3 fully saturated rings. The van der Waals surface area contributed by atoms with Gasteiger partial charge < -0.3 is 5.21 Å². The van der Waals surface area contributed by atoms with Crippen molar-refractivity contribution in [2.24, 2.45) is 5.16 Å². The fourth-order valence-corrected chi connectivity index (χ4v) is 3.07. The maximum atomic E-state index is 8.76. The van der Waals surface area contributed by atoms with Crippen molar-refractivity contribution in [1.82, 2.24) is 4.90 Å². The van der Waals surface area contributed by atoms with Crippen molar-refractivity contribution in [3.05, 3.63) is 0 Å². The molecular formula is C10H16N2O. The van der Waals surface area contributed by atoms with E-state index >= 15 is 0 Å². The summed E-state index contributed by atoms with van der Waals surface area (Å²) in [6.45, 7) is 0. The molecule has 0 amide bonds. The van der Waals surface area contributed by atoms with E-state index in [4.69, 9.17) is 5.21 Å². The van der Waals surface area contributed by atoms with Gasteiger partial charge in [-0.25, -0.2) is 0 Å². The first-order chi connectivity index (χ1) is 6.38. The summed E-state index contributed by atoms with van der Waals surface area (Å²) in [6.07, 6.45) is 7.48. The summed E-state index contributed by atoms with van der Waals surface area (Å²) in [7, 11) is 0. The highest BCUT2D eigenvalue weighted by atomic mass is 16.4. The molecule has 2 saturated heterocycles. The van der Waals surface area contributed by atoms with Gasteiger partial charge in [-0.1, -0.05) is 5.16 Å². The van der Waals surface area contributed by atoms with Crippen LogP contribution in [0.1, 0.15) is 38.5 Å². The van der Waals surface area contributed by atoms with Crippen molar-refractivity contribution in [3.8, 4) is 0 Å². The molecule has 13 heavy (non-hydrogen) atoms. The molecule has 2 aliphatic heterocycles. The van der Waals surface area contributed by atoms with Gasteiger partial charge in [0.2, 0.25) is 0 Å². The predicted molar refractivity (Wildman–Crippen MR) is 50.1 cm³/mol. The molecule has 2 unspecified atom stereocenters. The first-order valence-electron chi connectivity index (χ1n) is 5.35. The first kappa shape index (κ1) is 7.80. The van der Waals surface area contributed by atoms with E-state index in [-0.39, 0.29) is 0 Å². The van der Waals surface area contributed by atoms with E-state index in [1.165, 1.54) is 25.7 Å². The largest absolute Gasteiger partial charge is 0.411 e. The van der Waals surface area contributed by atoms with E-state index in [1.807, 2.05) is 0 Å². The van der Waals surface area contributed by atoms with Crippen molar-refractivity contribution >= 4 is 5.71 Å². The van der Waals surface area contributed by atoms with E-state index in [0.29, 0.717) is 12.1 Å². The molecule has 1 N–H and O–H groups in total. The van der Waals surface area contributed by atoms with Gasteiger partial charge in [-0.15, -0.1) is 0 Å². The van der Waals surface area contributed by atoms with E-state index in [2.05, 4.69) is 10.1 Å². The third-order valence-electron chi connectivity index (χ3n) is 3.73. The number of rotatable bonds is 1. The topological polar surface area (TPSA) is 35.8 Å². The van der Waals surface area contributed by atoms with Gasteiger partial charge >= 0.3 is 0 Å². The molecule has 3 rings (SSSR count). The number of nitrogens with zero attached hydrogens (tertiary/aromatic N) is 2. The maximum absolute atomic E-state index is 8.76. The van der Waals surface area contributed by atoms with Crippen LogP contribution in [0.25, 0.3) is 0 Å². The second-order valence-electron chi connectivity index (χ2n) is 4.64. The monoisotopic (exact) mass is 180 g/mol. The van der Waals surface area contributed by atoms with Crippen LogP contribution in [-0.2, 0) is 0 Å². The fraction of sp³-hybridized carbons (Fsp3) is 0.900. The summed E-state index contributed by atoms with van der Waals surface area (Å²) in [5, 5.41) is 12.2. The Labute approximate surface area is 78.4 Å². The van der Waals surface area contributed by atoms with E-state index in [9.17, 15) is 0 Å². The Morgan fingerprint density at radius 2 is 1.54 bits per heavy atom. The normalized spacial score (nSPS) is 39.5. The van der Waals surface area contributed by atoms with E-state index < -0.39 is 0 Å². The van der Waals surface area contributed by atoms with Gasteiger partial charge in [-0.05, 0) is 25.7 Å². The average Bonchev–Trinajstić information content (AvgIpc) is 2.95. The van der Waals surface area contributed by atoms with Gasteiger partial charge in [0.25, 0.3) is 0 Å². The van der Waals surface area contributed by atoms with Gasteiger partial charge in [0.15, 0.2) is 0 Å². The molecule has 0 aromatic carbocycles. The number of hydrogen-bond donors (Lipinski definition) is 1. The molecule has 72 valence electrons. The van der Waals surface area contributed by atoms with Crippen LogP contribution in [-0.4, -0.2) is 33.9 Å². The smallest absolute Gasteiger partial charge is 0.0601 e. The minimum absolute atomic E-state index is 0.706. The van der Waals surface area contributed by atoms with Crippen LogP contribution >= 0.6 is 0 Å². The molecule has 2 atom stereocenters. The summed E-state index contributed by atoms with van der Waals surface area (Å²) in [6, 6.07) is 2.30. The lowest BCUT2D eigenvalue weighted by Gasteiger charge is -2.35. The average molecular weight is 180 g/mol. The molecule has 3 nitrogen and oxygen atoms in total. The van der Waals surface area contributed by atoms with E-state index in [0.717, 1.165) is 24.6 Å². The third-order valence-corrected chi connectivity index (χ3v) is 3.73. The molecule has 2 heterocycles. The minimum Gasteiger partial charge on any atom is -0.411 e. The van der Waals surface area contributed by atoms with Crippen molar-refractivity contribution in [1.29, 1.82) is 0 Å². The number of fused-ring (bicyclic) bond motifs is 2. The molecular weight excluding hydrogens is 164 g/mol. The maximum Gasteiger partial charge on any atom is 0.0601 e. The molecule has 0 aromatic rings. The summed E-state index contributed by atoms with van der Waals surface area (Å²) in [5.74, 6) is 0. The highest BCUT2D eigenvalue weighted by Gasteiger charge is 2.45. The molecule has 0 radical (unpaired) electrons. The van der Waals surface area contributed by atoms with E-state index in [1.54, 1.807) is 0 Å². The highest BCUT2D eigenvalue weighted by molar-refractivity contribution is 5.86. The number of oxime groups is 1. The summed E-state index contributed by atoms with van der Waals surface area (Å²) < 4.78 is 0. The van der Waals surface area contributed by atoms with Crippen molar-refractivity contribution in [2.75, 3.05) is 0 Å². The number of piperidine rings is 1. The Bertz CT molecular complexity index is 231. The quantitative estimate of drug-likeness (QED) is 0.491. The van der Waals surface area contributed by atoms with Gasteiger partial charge in [-0.2, -0.15) is 0 Å². The molecule has 1 saturated carbocycles.